The van der Waals surface area contributed by atoms with E-state index in [1.807, 2.05) is 7.05 Å². The molecule has 2 heteroatoms. The molecular weight excluding hydrogens is 174 g/mol. The first kappa shape index (κ1) is 11.6. The highest BCUT2D eigenvalue weighted by Crippen LogP contribution is 2.35. The van der Waals surface area contributed by atoms with Gasteiger partial charge in [-0.05, 0) is 26.8 Å². The van der Waals surface area contributed by atoms with Gasteiger partial charge in [0.1, 0.15) is 0 Å². The molecule has 0 saturated carbocycles. The number of ether oxygens (including phenoxy) is 1. The summed E-state index contributed by atoms with van der Waals surface area (Å²) in [6.07, 6.45) is 6.81. The maximum Gasteiger partial charge on any atom is 0.0597 e. The molecule has 0 amide bonds. The fourth-order valence-corrected chi connectivity index (χ4v) is 2.54. The summed E-state index contributed by atoms with van der Waals surface area (Å²) in [6.45, 7) is 6.54. The topological polar surface area (TPSA) is 21.3 Å². The Morgan fingerprint density at radius 1 is 1.36 bits per heavy atom. The lowest BCUT2D eigenvalue weighted by atomic mass is 9.82. The van der Waals surface area contributed by atoms with Crippen molar-refractivity contribution in [2.45, 2.75) is 45.4 Å². The molecule has 2 nitrogen and oxygen atoms in total. The van der Waals surface area contributed by atoms with Gasteiger partial charge in [-0.25, -0.2) is 0 Å². The number of rotatable bonds is 3. The Morgan fingerprint density at radius 2 is 2.00 bits per heavy atom. The zero-order chi connectivity index (χ0) is 10.7. The van der Waals surface area contributed by atoms with Crippen molar-refractivity contribution >= 4 is 0 Å². The maximum absolute atomic E-state index is 5.81. The van der Waals surface area contributed by atoms with Crippen molar-refractivity contribution in [1.82, 2.24) is 5.32 Å². The lowest BCUT2D eigenvalue weighted by Crippen LogP contribution is -2.39. The van der Waals surface area contributed by atoms with Crippen molar-refractivity contribution < 1.29 is 4.74 Å². The van der Waals surface area contributed by atoms with Gasteiger partial charge in [-0.15, -0.1) is 12.3 Å². The molecule has 0 aromatic carbocycles. The Hall–Kier alpha value is -0.520. The van der Waals surface area contributed by atoms with Crippen molar-refractivity contribution in [2.24, 2.45) is 11.8 Å². The SMILES string of the molecule is C#CCC(NC)C1C(C)OC(C)C1C. The van der Waals surface area contributed by atoms with Crippen LogP contribution in [0.5, 0.6) is 0 Å². The van der Waals surface area contributed by atoms with Gasteiger partial charge in [0, 0.05) is 18.4 Å². The molecular formula is C12H21NO. The van der Waals surface area contributed by atoms with Crippen LogP contribution in [-0.2, 0) is 4.74 Å². The maximum atomic E-state index is 5.81. The molecule has 1 heterocycles. The summed E-state index contributed by atoms with van der Waals surface area (Å²) in [4.78, 5) is 0. The summed E-state index contributed by atoms with van der Waals surface area (Å²) in [7, 11) is 1.98. The van der Waals surface area contributed by atoms with E-state index in [0.29, 0.717) is 30.1 Å². The Morgan fingerprint density at radius 3 is 2.36 bits per heavy atom. The molecule has 5 atom stereocenters. The van der Waals surface area contributed by atoms with E-state index in [1.165, 1.54) is 0 Å². The van der Waals surface area contributed by atoms with Crippen molar-refractivity contribution in [1.29, 1.82) is 0 Å². The first-order chi connectivity index (χ1) is 6.61. The van der Waals surface area contributed by atoms with Crippen LogP contribution in [0.1, 0.15) is 27.2 Å². The van der Waals surface area contributed by atoms with E-state index >= 15 is 0 Å². The predicted molar refractivity (Wildman–Crippen MR) is 59.0 cm³/mol. The van der Waals surface area contributed by atoms with E-state index in [9.17, 15) is 0 Å². The van der Waals surface area contributed by atoms with Crippen LogP contribution >= 0.6 is 0 Å². The molecule has 0 spiro atoms. The van der Waals surface area contributed by atoms with Crippen molar-refractivity contribution in [3.05, 3.63) is 0 Å². The minimum atomic E-state index is 0.311. The number of hydrogen-bond donors (Lipinski definition) is 1. The van der Waals surface area contributed by atoms with Gasteiger partial charge in [0.2, 0.25) is 0 Å². The van der Waals surface area contributed by atoms with Crippen molar-refractivity contribution in [3.63, 3.8) is 0 Å². The van der Waals surface area contributed by atoms with Crippen LogP contribution in [0.4, 0.5) is 0 Å². The van der Waals surface area contributed by atoms with E-state index in [-0.39, 0.29) is 0 Å². The molecule has 1 rings (SSSR count). The zero-order valence-corrected chi connectivity index (χ0v) is 9.58. The molecule has 0 aliphatic carbocycles. The largest absolute Gasteiger partial charge is 0.375 e. The summed E-state index contributed by atoms with van der Waals surface area (Å²) in [5.41, 5.74) is 0. The summed E-state index contributed by atoms with van der Waals surface area (Å²) in [6, 6.07) is 0.384. The lowest BCUT2D eigenvalue weighted by molar-refractivity contribution is 0.0480. The second kappa shape index (κ2) is 4.82. The predicted octanol–water partition coefficient (Wildman–Crippen LogP) is 1.66. The molecule has 5 unspecified atom stereocenters. The molecule has 1 fully saturated rings. The van der Waals surface area contributed by atoms with Crippen LogP contribution < -0.4 is 5.32 Å². The Balaban J connectivity index is 2.69. The normalized spacial score (nSPS) is 39.4. The fourth-order valence-electron chi connectivity index (χ4n) is 2.54. The third kappa shape index (κ3) is 2.10. The Bertz CT molecular complexity index is 221. The van der Waals surface area contributed by atoms with E-state index in [4.69, 9.17) is 11.2 Å². The van der Waals surface area contributed by atoms with Crippen LogP contribution in [0.25, 0.3) is 0 Å². The molecule has 1 saturated heterocycles. The van der Waals surface area contributed by atoms with Crippen LogP contribution in [0.2, 0.25) is 0 Å². The standard InChI is InChI=1S/C12H21NO/c1-6-7-11(13-5)12-8(2)9(3)14-10(12)4/h1,8-13H,7H2,2-5H3. The van der Waals surface area contributed by atoms with Crippen LogP contribution in [0, 0.1) is 24.2 Å². The van der Waals surface area contributed by atoms with Gasteiger partial charge in [0.25, 0.3) is 0 Å². The monoisotopic (exact) mass is 195 g/mol. The second-order valence-electron chi connectivity index (χ2n) is 4.29. The van der Waals surface area contributed by atoms with Crippen LogP contribution in [-0.4, -0.2) is 25.3 Å². The van der Waals surface area contributed by atoms with Crippen molar-refractivity contribution in [3.8, 4) is 12.3 Å². The highest BCUT2D eigenvalue weighted by molar-refractivity contribution is 4.98. The highest BCUT2D eigenvalue weighted by atomic mass is 16.5. The smallest absolute Gasteiger partial charge is 0.0597 e. The molecule has 0 bridgehead atoms. The first-order valence-corrected chi connectivity index (χ1v) is 5.38. The zero-order valence-electron chi connectivity index (χ0n) is 9.58. The van der Waals surface area contributed by atoms with E-state index in [2.05, 4.69) is 32.0 Å². The number of nitrogens with one attached hydrogen (secondary N) is 1. The van der Waals surface area contributed by atoms with Gasteiger partial charge in [0.15, 0.2) is 0 Å². The van der Waals surface area contributed by atoms with Gasteiger partial charge in [-0.2, -0.15) is 0 Å². The summed E-state index contributed by atoms with van der Waals surface area (Å²) in [5, 5.41) is 3.30. The average Bonchev–Trinajstić information content (AvgIpc) is 2.39. The molecule has 1 N–H and O–H groups in total. The lowest BCUT2D eigenvalue weighted by Gasteiger charge is -2.27. The molecule has 80 valence electrons. The molecule has 0 aromatic rings. The van der Waals surface area contributed by atoms with E-state index in [1.54, 1.807) is 0 Å². The fraction of sp³-hybridized carbons (Fsp3) is 0.833. The van der Waals surface area contributed by atoms with E-state index < -0.39 is 0 Å². The second-order valence-corrected chi connectivity index (χ2v) is 4.29. The quantitative estimate of drug-likeness (QED) is 0.691. The summed E-state index contributed by atoms with van der Waals surface area (Å²) < 4.78 is 5.81. The van der Waals surface area contributed by atoms with Gasteiger partial charge >= 0.3 is 0 Å². The van der Waals surface area contributed by atoms with Gasteiger partial charge < -0.3 is 10.1 Å². The molecule has 0 aromatic heterocycles. The molecule has 1 aliphatic rings. The average molecular weight is 195 g/mol. The first-order valence-electron chi connectivity index (χ1n) is 5.38. The summed E-state index contributed by atoms with van der Waals surface area (Å²) >= 11 is 0. The van der Waals surface area contributed by atoms with Crippen molar-refractivity contribution in [2.75, 3.05) is 7.05 Å². The molecule has 0 radical (unpaired) electrons. The minimum absolute atomic E-state index is 0.311. The van der Waals surface area contributed by atoms with Crippen LogP contribution in [0.15, 0.2) is 0 Å². The van der Waals surface area contributed by atoms with E-state index in [0.717, 1.165) is 6.42 Å². The summed E-state index contributed by atoms with van der Waals surface area (Å²) in [5.74, 6) is 3.85. The third-order valence-corrected chi connectivity index (χ3v) is 3.49. The third-order valence-electron chi connectivity index (χ3n) is 3.49. The number of hydrogen-bond acceptors (Lipinski definition) is 2. The molecule has 14 heavy (non-hydrogen) atoms. The van der Waals surface area contributed by atoms with Gasteiger partial charge in [-0.1, -0.05) is 6.92 Å². The Kier molecular flexibility index (Phi) is 3.97. The van der Waals surface area contributed by atoms with Gasteiger partial charge in [-0.3, -0.25) is 0 Å². The number of terminal acetylenes is 1. The highest BCUT2D eigenvalue weighted by Gasteiger charge is 2.40. The molecule has 1 aliphatic heterocycles. The van der Waals surface area contributed by atoms with Gasteiger partial charge in [0.05, 0.1) is 12.2 Å². The van der Waals surface area contributed by atoms with Crippen LogP contribution in [0.3, 0.4) is 0 Å². The Labute approximate surface area is 87.4 Å². The minimum Gasteiger partial charge on any atom is -0.375 e.